The molecule has 1 aliphatic heterocycles. The topological polar surface area (TPSA) is 66.9 Å². The van der Waals surface area contributed by atoms with Crippen molar-refractivity contribution in [3.63, 3.8) is 0 Å². The first-order chi connectivity index (χ1) is 11.3. The van der Waals surface area contributed by atoms with Gasteiger partial charge in [-0.3, -0.25) is 0 Å². The Hall–Kier alpha value is -1.67. The Morgan fingerprint density at radius 2 is 1.80 bits per heavy atom. The average Bonchev–Trinajstić information content (AvgIpc) is 2.64. The zero-order valence-corrected chi connectivity index (χ0v) is 15.8. The number of halogens is 1. The fourth-order valence-electron chi connectivity index (χ4n) is 2.16. The van der Waals surface area contributed by atoms with Gasteiger partial charge in [-0.05, 0) is 54.5 Å². The highest BCUT2D eigenvalue weighted by molar-refractivity contribution is 6.62. The molecule has 0 bridgehead atoms. The number of pyridine rings is 1. The third kappa shape index (κ3) is 4.70. The Bertz CT molecular complexity index is 641. The van der Waals surface area contributed by atoms with E-state index in [0.29, 0.717) is 5.46 Å². The highest BCUT2D eigenvalue weighted by atomic mass is 19.1. The van der Waals surface area contributed by atoms with Crippen LogP contribution in [0.1, 0.15) is 48.5 Å². The number of esters is 1. The van der Waals surface area contributed by atoms with E-state index in [9.17, 15) is 9.18 Å². The first-order valence-corrected chi connectivity index (χ1v) is 8.16. The largest absolute Gasteiger partial charge is 0.496 e. The molecule has 0 aliphatic carbocycles. The van der Waals surface area contributed by atoms with Crippen LogP contribution in [0.25, 0.3) is 0 Å². The maximum absolute atomic E-state index is 13.9. The van der Waals surface area contributed by atoms with Crippen molar-refractivity contribution >= 4 is 18.6 Å². The molecule has 0 atom stereocenters. The van der Waals surface area contributed by atoms with Crippen LogP contribution in [0.5, 0.6) is 5.75 Å². The molecule has 138 valence electrons. The SMILES string of the molecule is CC(C)(C)OC(=O)COc1cc(B2OC(C)(C)C(C)(C)O2)cnc1F. The summed E-state index contributed by atoms with van der Waals surface area (Å²) in [7, 11) is -0.693. The summed E-state index contributed by atoms with van der Waals surface area (Å²) < 4.78 is 36.0. The third-order valence-corrected chi connectivity index (χ3v) is 4.12. The standard InChI is InChI=1S/C17H25BFNO5/c1-15(2,3)23-13(21)10-22-12-8-11(9-20-14(12)19)18-24-16(4,5)17(6,7)25-18/h8-9H,10H2,1-7H3. The van der Waals surface area contributed by atoms with Gasteiger partial charge < -0.3 is 18.8 Å². The van der Waals surface area contributed by atoms with E-state index in [2.05, 4.69) is 4.98 Å². The fraction of sp³-hybridized carbons (Fsp3) is 0.647. The zero-order chi connectivity index (χ0) is 19.0. The van der Waals surface area contributed by atoms with E-state index in [1.807, 2.05) is 27.7 Å². The van der Waals surface area contributed by atoms with Crippen molar-refractivity contribution in [2.24, 2.45) is 0 Å². The molecule has 1 saturated heterocycles. The normalized spacial score (nSPS) is 19.0. The Balaban J connectivity index is 2.10. The number of hydrogen-bond acceptors (Lipinski definition) is 6. The Morgan fingerprint density at radius 3 is 2.32 bits per heavy atom. The second-order valence-electron chi connectivity index (χ2n) is 8.02. The molecule has 25 heavy (non-hydrogen) atoms. The van der Waals surface area contributed by atoms with E-state index in [4.69, 9.17) is 18.8 Å². The summed E-state index contributed by atoms with van der Waals surface area (Å²) in [6.07, 6.45) is 1.33. The van der Waals surface area contributed by atoms with Crippen molar-refractivity contribution < 1.29 is 28.0 Å². The van der Waals surface area contributed by atoms with Crippen molar-refractivity contribution in [2.75, 3.05) is 6.61 Å². The second-order valence-corrected chi connectivity index (χ2v) is 8.02. The molecule has 8 heteroatoms. The van der Waals surface area contributed by atoms with Gasteiger partial charge >= 0.3 is 13.1 Å². The highest BCUT2D eigenvalue weighted by Crippen LogP contribution is 2.36. The molecule has 2 heterocycles. The Morgan fingerprint density at radius 1 is 1.24 bits per heavy atom. The highest BCUT2D eigenvalue weighted by Gasteiger charge is 2.52. The molecular weight excluding hydrogens is 328 g/mol. The maximum atomic E-state index is 13.9. The van der Waals surface area contributed by atoms with Gasteiger partial charge in [0.05, 0.1) is 11.2 Å². The molecule has 1 aromatic heterocycles. The van der Waals surface area contributed by atoms with Gasteiger partial charge in [0.15, 0.2) is 12.4 Å². The molecule has 0 saturated carbocycles. The molecule has 0 spiro atoms. The van der Waals surface area contributed by atoms with Gasteiger partial charge in [-0.25, -0.2) is 9.78 Å². The molecular formula is C17H25BFNO5. The minimum atomic E-state index is -0.816. The first-order valence-electron chi connectivity index (χ1n) is 8.16. The van der Waals surface area contributed by atoms with Crippen molar-refractivity contribution in [1.82, 2.24) is 4.98 Å². The number of carbonyl (C=O) groups excluding carboxylic acids is 1. The molecule has 1 fully saturated rings. The van der Waals surface area contributed by atoms with Gasteiger partial charge in [0.1, 0.15) is 5.60 Å². The third-order valence-electron chi connectivity index (χ3n) is 4.12. The lowest BCUT2D eigenvalue weighted by atomic mass is 9.80. The lowest BCUT2D eigenvalue weighted by Crippen LogP contribution is -2.41. The van der Waals surface area contributed by atoms with Crippen molar-refractivity contribution in [3.8, 4) is 5.75 Å². The molecule has 2 rings (SSSR count). The van der Waals surface area contributed by atoms with E-state index >= 15 is 0 Å². The van der Waals surface area contributed by atoms with E-state index < -0.39 is 42.4 Å². The second kappa shape index (κ2) is 6.57. The van der Waals surface area contributed by atoms with E-state index in [1.165, 1.54) is 12.3 Å². The summed E-state index contributed by atoms with van der Waals surface area (Å²) in [6.45, 7) is 12.5. The summed E-state index contributed by atoms with van der Waals surface area (Å²) in [5, 5.41) is 0. The van der Waals surface area contributed by atoms with Crippen LogP contribution in [0.3, 0.4) is 0 Å². The lowest BCUT2D eigenvalue weighted by molar-refractivity contribution is -0.157. The smallest absolute Gasteiger partial charge is 0.477 e. The Labute approximate surface area is 148 Å². The van der Waals surface area contributed by atoms with Gasteiger partial charge in [0.25, 0.3) is 5.95 Å². The summed E-state index contributed by atoms with van der Waals surface area (Å²) in [5.41, 5.74) is -1.17. The van der Waals surface area contributed by atoms with Crippen LogP contribution in [0.4, 0.5) is 4.39 Å². The summed E-state index contributed by atoms with van der Waals surface area (Å²) in [5.74, 6) is -1.56. The first kappa shape index (κ1) is 19.7. The number of nitrogens with zero attached hydrogens (tertiary/aromatic N) is 1. The molecule has 1 aliphatic rings. The lowest BCUT2D eigenvalue weighted by Gasteiger charge is -2.32. The average molecular weight is 353 g/mol. The maximum Gasteiger partial charge on any atom is 0.496 e. The monoisotopic (exact) mass is 353 g/mol. The molecule has 1 aromatic rings. The number of ether oxygens (including phenoxy) is 2. The predicted molar refractivity (Wildman–Crippen MR) is 91.3 cm³/mol. The Kier molecular flexibility index (Phi) is 5.17. The van der Waals surface area contributed by atoms with Crippen LogP contribution >= 0.6 is 0 Å². The molecule has 6 nitrogen and oxygen atoms in total. The van der Waals surface area contributed by atoms with Crippen LogP contribution < -0.4 is 10.2 Å². The fourth-order valence-corrected chi connectivity index (χ4v) is 2.16. The quantitative estimate of drug-likeness (QED) is 0.470. The minimum Gasteiger partial charge on any atom is -0.477 e. The van der Waals surface area contributed by atoms with Gasteiger partial charge in [-0.1, -0.05) is 0 Å². The van der Waals surface area contributed by atoms with Gasteiger partial charge in [0.2, 0.25) is 0 Å². The minimum absolute atomic E-state index is 0.155. The predicted octanol–water partition coefficient (Wildman–Crippen LogP) is 2.24. The van der Waals surface area contributed by atoms with E-state index in [-0.39, 0.29) is 5.75 Å². The summed E-state index contributed by atoms with van der Waals surface area (Å²) in [6, 6.07) is 1.43. The number of rotatable bonds is 4. The van der Waals surface area contributed by atoms with Crippen LogP contribution in [-0.4, -0.2) is 41.5 Å². The van der Waals surface area contributed by atoms with Crippen molar-refractivity contribution in [1.29, 1.82) is 0 Å². The molecule has 0 N–H and O–H groups in total. The van der Waals surface area contributed by atoms with Gasteiger partial charge in [-0.15, -0.1) is 0 Å². The van der Waals surface area contributed by atoms with Gasteiger partial charge in [0, 0.05) is 11.7 Å². The summed E-state index contributed by atoms with van der Waals surface area (Å²) >= 11 is 0. The van der Waals surface area contributed by atoms with E-state index in [0.717, 1.165) is 0 Å². The molecule has 0 radical (unpaired) electrons. The zero-order valence-electron chi connectivity index (χ0n) is 15.8. The molecule has 0 aromatic carbocycles. The van der Waals surface area contributed by atoms with E-state index in [1.54, 1.807) is 20.8 Å². The number of hydrogen-bond donors (Lipinski definition) is 0. The van der Waals surface area contributed by atoms with Crippen molar-refractivity contribution in [2.45, 2.75) is 65.3 Å². The van der Waals surface area contributed by atoms with Crippen LogP contribution in [-0.2, 0) is 18.8 Å². The molecule has 0 unspecified atom stereocenters. The van der Waals surface area contributed by atoms with Gasteiger partial charge in [-0.2, -0.15) is 4.39 Å². The number of aromatic nitrogens is 1. The van der Waals surface area contributed by atoms with Crippen LogP contribution in [0, 0.1) is 5.95 Å². The van der Waals surface area contributed by atoms with Crippen LogP contribution in [0.15, 0.2) is 12.3 Å². The summed E-state index contributed by atoms with van der Waals surface area (Å²) in [4.78, 5) is 15.4. The number of carbonyl (C=O) groups is 1. The molecule has 0 amide bonds. The van der Waals surface area contributed by atoms with Crippen LogP contribution in [0.2, 0.25) is 0 Å². The van der Waals surface area contributed by atoms with Crippen molar-refractivity contribution in [3.05, 3.63) is 18.2 Å².